The van der Waals surface area contributed by atoms with Gasteiger partial charge in [-0.05, 0) is 44.2 Å². The highest BCUT2D eigenvalue weighted by Gasteiger charge is 2.29. The zero-order chi connectivity index (χ0) is 24.4. The summed E-state index contributed by atoms with van der Waals surface area (Å²) in [5.74, 6) is -1.96. The minimum absolute atomic E-state index is 0.00440. The molecular weight excluding hydrogens is 454 g/mol. The van der Waals surface area contributed by atoms with Crippen LogP contribution in [0, 0.1) is 6.92 Å². The summed E-state index contributed by atoms with van der Waals surface area (Å²) >= 11 is 1.36. The predicted octanol–water partition coefficient (Wildman–Crippen LogP) is 4.37. The minimum Gasteiger partial charge on any atom is -0.453 e. The van der Waals surface area contributed by atoms with E-state index in [4.69, 9.17) is 4.74 Å². The zero-order valence-electron chi connectivity index (χ0n) is 18.5. The Morgan fingerprint density at radius 1 is 0.882 bits per heavy atom. The van der Waals surface area contributed by atoms with Gasteiger partial charge in [-0.3, -0.25) is 24.0 Å². The maximum Gasteiger partial charge on any atom is 0.307 e. The Morgan fingerprint density at radius 2 is 1.53 bits per heavy atom. The molecule has 0 bridgehead atoms. The molecule has 4 rings (SSSR count). The molecule has 0 fully saturated rings. The van der Waals surface area contributed by atoms with Gasteiger partial charge in [-0.25, -0.2) is 0 Å². The van der Waals surface area contributed by atoms with Crippen LogP contribution in [0.3, 0.4) is 0 Å². The first-order chi connectivity index (χ1) is 16.2. The maximum atomic E-state index is 12.8. The first kappa shape index (κ1) is 23.3. The molecule has 1 amide bonds. The van der Waals surface area contributed by atoms with E-state index in [2.05, 4.69) is 5.32 Å². The standard InChI is InChI=1S/C26H21NO6S/c1-14-7-11-22(34-14)21(28)10-12-23(29)33-15(2)26(32)27-16-8-9-19-20(13-16)25(31)18-6-4-3-5-17(18)24(19)30/h3-9,11,13,15H,10,12H2,1-2H3,(H,27,32)/t15-/m0/s1. The van der Waals surface area contributed by atoms with E-state index in [1.165, 1.54) is 36.5 Å². The van der Waals surface area contributed by atoms with E-state index >= 15 is 0 Å². The van der Waals surface area contributed by atoms with E-state index in [1.807, 2.05) is 13.0 Å². The number of aryl methyl sites for hydroxylation is 1. The molecule has 1 N–H and O–H groups in total. The minimum atomic E-state index is -1.11. The van der Waals surface area contributed by atoms with Crippen LogP contribution in [0.5, 0.6) is 0 Å². The number of nitrogens with one attached hydrogen (secondary N) is 1. The van der Waals surface area contributed by atoms with Gasteiger partial charge in [0.05, 0.1) is 11.3 Å². The van der Waals surface area contributed by atoms with Crippen molar-refractivity contribution in [2.24, 2.45) is 0 Å². The maximum absolute atomic E-state index is 12.8. The molecule has 1 heterocycles. The van der Waals surface area contributed by atoms with E-state index in [0.29, 0.717) is 21.7 Å². The summed E-state index contributed by atoms with van der Waals surface area (Å²) in [6.07, 6.45) is -1.25. The van der Waals surface area contributed by atoms with Gasteiger partial charge in [0.25, 0.3) is 5.91 Å². The van der Waals surface area contributed by atoms with Gasteiger partial charge in [-0.1, -0.05) is 24.3 Å². The Morgan fingerprint density at radius 3 is 2.18 bits per heavy atom. The summed E-state index contributed by atoms with van der Waals surface area (Å²) in [6, 6.07) is 14.6. The molecule has 0 saturated carbocycles. The number of carbonyl (C=O) groups excluding carboxylic acids is 5. The first-order valence-corrected chi connectivity index (χ1v) is 11.5. The molecule has 1 aliphatic rings. The molecule has 0 unspecified atom stereocenters. The number of amides is 1. The number of esters is 1. The van der Waals surface area contributed by atoms with Crippen LogP contribution in [-0.2, 0) is 14.3 Å². The first-order valence-electron chi connectivity index (χ1n) is 10.7. The molecule has 3 aromatic rings. The molecule has 34 heavy (non-hydrogen) atoms. The molecule has 0 aliphatic heterocycles. The van der Waals surface area contributed by atoms with Crippen molar-refractivity contribution in [2.45, 2.75) is 32.8 Å². The van der Waals surface area contributed by atoms with E-state index in [1.54, 1.807) is 30.3 Å². The number of ketones is 3. The van der Waals surface area contributed by atoms with Crippen molar-refractivity contribution in [1.82, 2.24) is 0 Å². The number of carbonyl (C=O) groups is 5. The third kappa shape index (κ3) is 4.72. The van der Waals surface area contributed by atoms with Gasteiger partial charge in [0.2, 0.25) is 0 Å². The highest BCUT2D eigenvalue weighted by atomic mass is 32.1. The number of hydrogen-bond donors (Lipinski definition) is 1. The van der Waals surface area contributed by atoms with Gasteiger partial charge in [0.1, 0.15) is 0 Å². The average Bonchev–Trinajstić information content (AvgIpc) is 3.27. The summed E-state index contributed by atoms with van der Waals surface area (Å²) < 4.78 is 5.15. The van der Waals surface area contributed by atoms with Crippen molar-refractivity contribution in [2.75, 3.05) is 5.32 Å². The molecule has 1 aliphatic carbocycles. The number of hydrogen-bond acceptors (Lipinski definition) is 7. The number of benzene rings is 2. The van der Waals surface area contributed by atoms with Crippen molar-refractivity contribution in [3.05, 3.63) is 86.6 Å². The van der Waals surface area contributed by atoms with Crippen LogP contribution in [0.2, 0.25) is 0 Å². The van der Waals surface area contributed by atoms with Crippen LogP contribution < -0.4 is 5.32 Å². The van der Waals surface area contributed by atoms with Gasteiger partial charge < -0.3 is 10.1 Å². The molecule has 8 heteroatoms. The van der Waals surface area contributed by atoms with Gasteiger partial charge in [0, 0.05) is 39.2 Å². The zero-order valence-corrected chi connectivity index (χ0v) is 19.4. The lowest BCUT2D eigenvalue weighted by atomic mass is 9.84. The van der Waals surface area contributed by atoms with Crippen molar-refractivity contribution >= 4 is 46.3 Å². The second-order valence-electron chi connectivity index (χ2n) is 7.92. The lowest BCUT2D eigenvalue weighted by molar-refractivity contribution is -0.153. The average molecular weight is 476 g/mol. The van der Waals surface area contributed by atoms with Gasteiger partial charge in [0.15, 0.2) is 23.5 Å². The van der Waals surface area contributed by atoms with Crippen LogP contribution in [0.1, 0.15) is 66.2 Å². The van der Waals surface area contributed by atoms with Crippen molar-refractivity contribution in [3.63, 3.8) is 0 Å². The highest BCUT2D eigenvalue weighted by Crippen LogP contribution is 2.29. The number of ether oxygens (including phenoxy) is 1. The van der Waals surface area contributed by atoms with E-state index < -0.39 is 18.0 Å². The normalized spacial score (nSPS) is 13.0. The fourth-order valence-corrected chi connectivity index (χ4v) is 4.49. The Labute approximate surface area is 199 Å². The fraction of sp³-hybridized carbons (Fsp3) is 0.192. The monoisotopic (exact) mass is 475 g/mol. The molecule has 172 valence electrons. The SMILES string of the molecule is Cc1ccc(C(=O)CCC(=O)O[C@@H](C)C(=O)Nc2ccc3c(c2)C(=O)c2ccccc2C3=O)s1. The third-order valence-electron chi connectivity index (χ3n) is 5.44. The molecule has 0 spiro atoms. The highest BCUT2D eigenvalue weighted by molar-refractivity contribution is 7.14. The quantitative estimate of drug-likeness (QED) is 0.314. The van der Waals surface area contributed by atoms with E-state index in [9.17, 15) is 24.0 Å². The molecular formula is C26H21NO6S. The molecule has 2 aromatic carbocycles. The molecule has 7 nitrogen and oxygen atoms in total. The fourth-order valence-electron chi connectivity index (χ4n) is 3.65. The van der Waals surface area contributed by atoms with E-state index in [0.717, 1.165) is 4.88 Å². The Kier molecular flexibility index (Phi) is 6.51. The number of anilines is 1. The van der Waals surface area contributed by atoms with Crippen molar-refractivity contribution in [3.8, 4) is 0 Å². The van der Waals surface area contributed by atoms with Gasteiger partial charge in [-0.2, -0.15) is 0 Å². The Hall–Kier alpha value is -3.91. The summed E-state index contributed by atoms with van der Waals surface area (Å²) in [6.45, 7) is 3.31. The summed E-state index contributed by atoms with van der Waals surface area (Å²) in [5.41, 5.74) is 1.44. The molecule has 0 saturated heterocycles. The smallest absolute Gasteiger partial charge is 0.307 e. The number of rotatable bonds is 7. The van der Waals surface area contributed by atoms with Crippen LogP contribution in [0.25, 0.3) is 0 Å². The molecule has 1 atom stereocenters. The second kappa shape index (κ2) is 9.52. The number of fused-ring (bicyclic) bond motifs is 2. The van der Waals surface area contributed by atoms with Gasteiger partial charge >= 0.3 is 5.97 Å². The summed E-state index contributed by atoms with van der Waals surface area (Å²) in [5, 5.41) is 2.61. The predicted molar refractivity (Wildman–Crippen MR) is 127 cm³/mol. The van der Waals surface area contributed by atoms with E-state index in [-0.39, 0.29) is 41.3 Å². The van der Waals surface area contributed by atoms with Crippen molar-refractivity contribution < 1.29 is 28.7 Å². The third-order valence-corrected chi connectivity index (χ3v) is 6.48. The Balaban J connectivity index is 1.36. The number of Topliss-reactive ketones (excluding diaryl/α,β-unsaturated/α-hetero) is 1. The van der Waals surface area contributed by atoms with Crippen LogP contribution in [0.15, 0.2) is 54.6 Å². The lowest BCUT2D eigenvalue weighted by Crippen LogP contribution is -2.30. The molecule has 0 radical (unpaired) electrons. The largest absolute Gasteiger partial charge is 0.453 e. The van der Waals surface area contributed by atoms with Crippen LogP contribution in [-0.4, -0.2) is 35.3 Å². The summed E-state index contributed by atoms with van der Waals surface area (Å²) in [7, 11) is 0. The Bertz CT molecular complexity index is 1340. The summed E-state index contributed by atoms with van der Waals surface area (Å²) in [4.78, 5) is 63.9. The van der Waals surface area contributed by atoms with Crippen LogP contribution >= 0.6 is 11.3 Å². The second-order valence-corrected chi connectivity index (χ2v) is 9.21. The van der Waals surface area contributed by atoms with Crippen molar-refractivity contribution in [1.29, 1.82) is 0 Å². The lowest BCUT2D eigenvalue weighted by Gasteiger charge is -2.19. The molecule has 1 aromatic heterocycles. The topological polar surface area (TPSA) is 107 Å². The van der Waals surface area contributed by atoms with Crippen LogP contribution in [0.4, 0.5) is 5.69 Å². The van der Waals surface area contributed by atoms with Gasteiger partial charge in [-0.15, -0.1) is 11.3 Å². The number of thiophene rings is 1.